The number of nitrogens with one attached hydrogen (secondary N) is 2. The Labute approximate surface area is 173 Å². The van der Waals surface area contributed by atoms with Gasteiger partial charge in [-0.1, -0.05) is 29.3 Å². The third-order valence-electron chi connectivity index (χ3n) is 3.55. The fraction of sp³-hybridized carbons (Fsp3) is 0.222. The number of halogens is 2. The predicted octanol–water partition coefficient (Wildman–Crippen LogP) is 3.15. The third-order valence-corrected chi connectivity index (χ3v) is 5.67. The van der Waals surface area contributed by atoms with Gasteiger partial charge in [-0.2, -0.15) is 4.72 Å². The van der Waals surface area contributed by atoms with Crippen LogP contribution in [-0.2, 0) is 24.3 Å². The summed E-state index contributed by atoms with van der Waals surface area (Å²) in [6.45, 7) is 2.58. The molecule has 0 spiro atoms. The summed E-state index contributed by atoms with van der Waals surface area (Å²) in [6.07, 6.45) is 0. The van der Waals surface area contributed by atoms with E-state index in [1.807, 2.05) is 6.92 Å². The molecule has 0 aliphatic heterocycles. The summed E-state index contributed by atoms with van der Waals surface area (Å²) >= 11 is 11.7. The summed E-state index contributed by atoms with van der Waals surface area (Å²) in [6, 6.07) is 9.32. The van der Waals surface area contributed by atoms with Gasteiger partial charge in [0.1, 0.15) is 6.04 Å². The molecule has 0 heterocycles. The normalized spacial score (nSPS) is 12.3. The molecule has 28 heavy (non-hydrogen) atoms. The minimum absolute atomic E-state index is 0.0525. The molecular formula is C18H18Cl2N2O5S. The van der Waals surface area contributed by atoms with E-state index in [4.69, 9.17) is 27.9 Å². The minimum Gasteiger partial charge on any atom is -0.454 e. The van der Waals surface area contributed by atoms with Crippen LogP contribution >= 0.6 is 23.2 Å². The Morgan fingerprint density at radius 2 is 1.75 bits per heavy atom. The zero-order valence-electron chi connectivity index (χ0n) is 15.0. The molecule has 1 atom stereocenters. The van der Waals surface area contributed by atoms with Crippen LogP contribution in [-0.4, -0.2) is 32.9 Å². The molecule has 2 N–H and O–H groups in total. The van der Waals surface area contributed by atoms with Gasteiger partial charge < -0.3 is 10.1 Å². The predicted molar refractivity (Wildman–Crippen MR) is 107 cm³/mol. The average Bonchev–Trinajstić information content (AvgIpc) is 2.62. The molecule has 7 nitrogen and oxygen atoms in total. The van der Waals surface area contributed by atoms with Crippen LogP contribution in [0.5, 0.6) is 0 Å². The number of sulfonamides is 1. The highest BCUT2D eigenvalue weighted by atomic mass is 35.5. The lowest BCUT2D eigenvalue weighted by atomic mass is 10.2. The maximum Gasteiger partial charge on any atom is 0.324 e. The number of benzene rings is 2. The number of hydrogen-bond acceptors (Lipinski definition) is 5. The highest BCUT2D eigenvalue weighted by Crippen LogP contribution is 2.22. The molecule has 1 amide bonds. The lowest BCUT2D eigenvalue weighted by Gasteiger charge is -2.14. The Morgan fingerprint density at radius 1 is 1.11 bits per heavy atom. The number of carbonyl (C=O) groups is 2. The summed E-state index contributed by atoms with van der Waals surface area (Å²) in [5.41, 5.74) is 1.31. The average molecular weight is 445 g/mol. The second kappa shape index (κ2) is 9.38. The van der Waals surface area contributed by atoms with Crippen LogP contribution in [0.4, 0.5) is 5.69 Å². The number of anilines is 1. The van der Waals surface area contributed by atoms with Crippen molar-refractivity contribution >= 4 is 50.8 Å². The van der Waals surface area contributed by atoms with Crippen molar-refractivity contribution in [3.05, 3.63) is 58.1 Å². The molecule has 2 rings (SSSR count). The molecule has 0 aromatic heterocycles. The van der Waals surface area contributed by atoms with Gasteiger partial charge in [0.2, 0.25) is 10.0 Å². The lowest BCUT2D eigenvalue weighted by molar-refractivity contribution is -0.148. The van der Waals surface area contributed by atoms with Crippen molar-refractivity contribution in [2.75, 3.05) is 11.9 Å². The van der Waals surface area contributed by atoms with E-state index >= 15 is 0 Å². The second-order valence-electron chi connectivity index (χ2n) is 5.94. The fourth-order valence-corrected chi connectivity index (χ4v) is 3.73. The van der Waals surface area contributed by atoms with Crippen molar-refractivity contribution in [2.45, 2.75) is 24.8 Å². The van der Waals surface area contributed by atoms with Gasteiger partial charge in [-0.25, -0.2) is 8.42 Å². The molecule has 10 heteroatoms. The number of carbonyl (C=O) groups excluding carboxylic acids is 2. The smallest absolute Gasteiger partial charge is 0.324 e. The minimum atomic E-state index is -3.95. The summed E-state index contributed by atoms with van der Waals surface area (Å²) in [5, 5.41) is 3.24. The topological polar surface area (TPSA) is 102 Å². The van der Waals surface area contributed by atoms with E-state index < -0.39 is 34.5 Å². The quantitative estimate of drug-likeness (QED) is 0.638. The molecule has 0 fully saturated rings. The Balaban J connectivity index is 1.89. The summed E-state index contributed by atoms with van der Waals surface area (Å²) in [4.78, 5) is 23.9. The van der Waals surface area contributed by atoms with Crippen molar-refractivity contribution in [1.29, 1.82) is 0 Å². The first-order valence-corrected chi connectivity index (χ1v) is 10.3. The van der Waals surface area contributed by atoms with E-state index in [2.05, 4.69) is 10.0 Å². The lowest BCUT2D eigenvalue weighted by Crippen LogP contribution is -2.40. The number of hydrogen-bond donors (Lipinski definition) is 2. The molecule has 0 saturated heterocycles. The number of amides is 1. The van der Waals surface area contributed by atoms with Gasteiger partial charge >= 0.3 is 5.97 Å². The summed E-state index contributed by atoms with van der Waals surface area (Å²) in [5.74, 6) is -1.51. The van der Waals surface area contributed by atoms with Crippen LogP contribution in [0.2, 0.25) is 10.0 Å². The van der Waals surface area contributed by atoms with Gasteiger partial charge in [0, 0.05) is 5.02 Å². The standard InChI is InChI=1S/C18H18Cl2N2O5S/c1-11-3-8-16(15(20)9-11)21-17(23)10-27-18(24)12(2)22-28(25,26)14-6-4-13(19)5-7-14/h3-9,12,22H,10H2,1-2H3,(H,21,23)/t12-/m0/s1. The molecule has 2 aromatic carbocycles. The Bertz CT molecular complexity index is 978. The highest BCUT2D eigenvalue weighted by molar-refractivity contribution is 7.89. The second-order valence-corrected chi connectivity index (χ2v) is 8.49. The van der Waals surface area contributed by atoms with Crippen LogP contribution in [0.15, 0.2) is 47.4 Å². The van der Waals surface area contributed by atoms with E-state index in [0.717, 1.165) is 5.56 Å². The van der Waals surface area contributed by atoms with Crippen molar-refractivity contribution in [3.63, 3.8) is 0 Å². The van der Waals surface area contributed by atoms with Crippen LogP contribution in [0.1, 0.15) is 12.5 Å². The van der Waals surface area contributed by atoms with E-state index in [1.165, 1.54) is 31.2 Å². The first kappa shape index (κ1) is 22.2. The molecule has 150 valence electrons. The van der Waals surface area contributed by atoms with Crippen molar-refractivity contribution in [1.82, 2.24) is 4.72 Å². The fourth-order valence-electron chi connectivity index (χ4n) is 2.13. The van der Waals surface area contributed by atoms with Crippen LogP contribution < -0.4 is 10.0 Å². The highest BCUT2D eigenvalue weighted by Gasteiger charge is 2.23. The first-order valence-electron chi connectivity index (χ1n) is 8.09. The molecule has 0 radical (unpaired) electrons. The maximum absolute atomic E-state index is 12.2. The van der Waals surface area contributed by atoms with E-state index in [-0.39, 0.29) is 4.90 Å². The van der Waals surface area contributed by atoms with E-state index in [1.54, 1.807) is 18.2 Å². The summed E-state index contributed by atoms with van der Waals surface area (Å²) < 4.78 is 31.5. The molecule has 0 bridgehead atoms. The van der Waals surface area contributed by atoms with Crippen LogP contribution in [0, 0.1) is 6.92 Å². The van der Waals surface area contributed by atoms with E-state index in [9.17, 15) is 18.0 Å². The first-order chi connectivity index (χ1) is 13.1. The molecule has 0 aliphatic rings. The number of esters is 1. The van der Waals surface area contributed by atoms with Crippen LogP contribution in [0.3, 0.4) is 0 Å². The third kappa shape index (κ3) is 6.20. The largest absolute Gasteiger partial charge is 0.454 e. The summed E-state index contributed by atoms with van der Waals surface area (Å²) in [7, 11) is -3.95. The van der Waals surface area contributed by atoms with Crippen molar-refractivity contribution in [2.24, 2.45) is 0 Å². The molecule has 0 unspecified atom stereocenters. The van der Waals surface area contributed by atoms with Gasteiger partial charge in [-0.05, 0) is 55.8 Å². The molecule has 0 saturated carbocycles. The zero-order chi connectivity index (χ0) is 20.9. The van der Waals surface area contributed by atoms with Crippen LogP contribution in [0.25, 0.3) is 0 Å². The Morgan fingerprint density at radius 3 is 2.36 bits per heavy atom. The molecule has 0 aliphatic carbocycles. The molecular weight excluding hydrogens is 427 g/mol. The molecule has 2 aromatic rings. The SMILES string of the molecule is Cc1ccc(NC(=O)COC(=O)[C@H](C)NS(=O)(=O)c2ccc(Cl)cc2)c(Cl)c1. The zero-order valence-corrected chi connectivity index (χ0v) is 17.4. The van der Waals surface area contributed by atoms with Crippen molar-refractivity contribution in [3.8, 4) is 0 Å². The van der Waals surface area contributed by atoms with Gasteiger partial charge in [-0.15, -0.1) is 0 Å². The Kier molecular flexibility index (Phi) is 7.42. The number of ether oxygens (including phenoxy) is 1. The van der Waals surface area contributed by atoms with Gasteiger partial charge in [-0.3, -0.25) is 9.59 Å². The number of aryl methyl sites for hydroxylation is 1. The van der Waals surface area contributed by atoms with Gasteiger partial charge in [0.25, 0.3) is 5.91 Å². The Hall–Kier alpha value is -2.13. The van der Waals surface area contributed by atoms with Gasteiger partial charge in [0.05, 0.1) is 15.6 Å². The van der Waals surface area contributed by atoms with Gasteiger partial charge in [0.15, 0.2) is 6.61 Å². The monoisotopic (exact) mass is 444 g/mol. The van der Waals surface area contributed by atoms with Crippen molar-refractivity contribution < 1.29 is 22.7 Å². The van der Waals surface area contributed by atoms with E-state index in [0.29, 0.717) is 15.7 Å². The maximum atomic E-state index is 12.2. The number of rotatable bonds is 7.